The third-order valence-electron chi connectivity index (χ3n) is 7.43. The molecule has 1 aliphatic carbocycles. The van der Waals surface area contributed by atoms with Crippen LogP contribution in [0.2, 0.25) is 0 Å². The van der Waals surface area contributed by atoms with Crippen molar-refractivity contribution in [3.63, 3.8) is 0 Å². The Kier molecular flexibility index (Phi) is 10.2. The molecule has 1 aliphatic rings. The topological polar surface area (TPSA) is 29.1 Å². The van der Waals surface area contributed by atoms with Crippen LogP contribution in [0.1, 0.15) is 94.2 Å². The molecule has 3 rings (SSSR count). The Balaban J connectivity index is 1.56. The zero-order chi connectivity index (χ0) is 23.5. The first-order chi connectivity index (χ1) is 16.1. The molecule has 0 aliphatic heterocycles. The van der Waals surface area contributed by atoms with Gasteiger partial charge in [0.1, 0.15) is 0 Å². The van der Waals surface area contributed by atoms with Crippen LogP contribution < -0.4 is 5.32 Å². The average Bonchev–Trinajstić information content (AvgIpc) is 2.87. The van der Waals surface area contributed by atoms with E-state index in [1.54, 1.807) is 0 Å². The summed E-state index contributed by atoms with van der Waals surface area (Å²) in [4.78, 5) is 11.3. The summed E-state index contributed by atoms with van der Waals surface area (Å²) < 4.78 is 0. The van der Waals surface area contributed by atoms with Crippen molar-refractivity contribution in [2.24, 2.45) is 5.92 Å². The second-order valence-corrected chi connectivity index (χ2v) is 9.78. The van der Waals surface area contributed by atoms with E-state index < -0.39 is 0 Å². The fourth-order valence-electron chi connectivity index (χ4n) is 5.36. The number of rotatable bonds is 12. The number of amides is 1. The maximum absolute atomic E-state index is 11.3. The standard InChI is InChI=1S/C31H43NO/c1-4-7-8-10-24-12-15-27(16-13-24)28-17-19-29(20-18-28)30-21-14-25(23-26(30)5-2)11-9-22-32-31(33)6-3/h6,14,17-21,23-24,27H,3-5,7-13,15-16,22H2,1-2H3,(H,32,33). The molecule has 33 heavy (non-hydrogen) atoms. The summed E-state index contributed by atoms with van der Waals surface area (Å²) in [5.74, 6) is 1.62. The fourth-order valence-corrected chi connectivity index (χ4v) is 5.36. The van der Waals surface area contributed by atoms with Gasteiger partial charge in [-0.15, -0.1) is 0 Å². The van der Waals surface area contributed by atoms with E-state index in [4.69, 9.17) is 0 Å². The summed E-state index contributed by atoms with van der Waals surface area (Å²) >= 11 is 0. The fraction of sp³-hybridized carbons (Fsp3) is 0.516. The lowest BCUT2D eigenvalue weighted by atomic mass is 9.77. The third-order valence-corrected chi connectivity index (χ3v) is 7.43. The summed E-state index contributed by atoms with van der Waals surface area (Å²) in [7, 11) is 0. The predicted molar refractivity (Wildman–Crippen MR) is 142 cm³/mol. The van der Waals surface area contributed by atoms with Crippen molar-refractivity contribution < 1.29 is 4.79 Å². The third kappa shape index (κ3) is 7.59. The van der Waals surface area contributed by atoms with Crippen molar-refractivity contribution in [3.05, 3.63) is 71.8 Å². The van der Waals surface area contributed by atoms with Crippen LogP contribution in [0.3, 0.4) is 0 Å². The molecular weight excluding hydrogens is 402 g/mol. The van der Waals surface area contributed by atoms with Crippen molar-refractivity contribution in [1.82, 2.24) is 5.32 Å². The van der Waals surface area contributed by atoms with Gasteiger partial charge in [0.15, 0.2) is 0 Å². The van der Waals surface area contributed by atoms with E-state index in [-0.39, 0.29) is 5.91 Å². The van der Waals surface area contributed by atoms with Crippen molar-refractivity contribution in [1.29, 1.82) is 0 Å². The molecule has 0 unspecified atom stereocenters. The average molecular weight is 446 g/mol. The van der Waals surface area contributed by atoms with Crippen molar-refractivity contribution in [3.8, 4) is 11.1 Å². The SMILES string of the molecule is C=CC(=O)NCCCc1ccc(-c2ccc(C3CCC(CCCCC)CC3)cc2)c(CC)c1. The molecule has 1 saturated carbocycles. The smallest absolute Gasteiger partial charge is 0.243 e. The van der Waals surface area contributed by atoms with E-state index in [2.05, 4.69) is 68.2 Å². The van der Waals surface area contributed by atoms with Gasteiger partial charge in [-0.25, -0.2) is 0 Å². The lowest BCUT2D eigenvalue weighted by Crippen LogP contribution is -2.22. The monoisotopic (exact) mass is 445 g/mol. The molecule has 2 nitrogen and oxygen atoms in total. The first kappa shape index (κ1) is 25.3. The van der Waals surface area contributed by atoms with Gasteiger partial charge < -0.3 is 5.32 Å². The minimum Gasteiger partial charge on any atom is -0.353 e. The van der Waals surface area contributed by atoms with E-state index in [0.29, 0.717) is 6.54 Å². The summed E-state index contributed by atoms with van der Waals surface area (Å²) in [5, 5.41) is 2.86. The minimum atomic E-state index is -0.0944. The molecule has 1 N–H and O–H groups in total. The largest absolute Gasteiger partial charge is 0.353 e. The van der Waals surface area contributed by atoms with Crippen LogP contribution in [0.25, 0.3) is 11.1 Å². The molecular formula is C31H43NO. The Morgan fingerprint density at radius 2 is 1.76 bits per heavy atom. The Bertz CT molecular complexity index is 874. The van der Waals surface area contributed by atoms with Crippen LogP contribution >= 0.6 is 0 Å². The van der Waals surface area contributed by atoms with Crippen LogP contribution in [0.15, 0.2) is 55.1 Å². The van der Waals surface area contributed by atoms with E-state index in [9.17, 15) is 4.79 Å². The quantitative estimate of drug-likeness (QED) is 0.260. The van der Waals surface area contributed by atoms with E-state index >= 15 is 0 Å². The molecule has 0 aromatic heterocycles. The van der Waals surface area contributed by atoms with Gasteiger partial charge in [0, 0.05) is 6.54 Å². The van der Waals surface area contributed by atoms with Gasteiger partial charge in [-0.3, -0.25) is 4.79 Å². The number of nitrogens with one attached hydrogen (secondary N) is 1. The van der Waals surface area contributed by atoms with Crippen LogP contribution in [0.4, 0.5) is 0 Å². The van der Waals surface area contributed by atoms with Gasteiger partial charge in [-0.05, 0) is 90.7 Å². The molecule has 0 bridgehead atoms. The highest BCUT2D eigenvalue weighted by Crippen LogP contribution is 2.38. The predicted octanol–water partition coefficient (Wildman–Crippen LogP) is 8.00. The number of carbonyl (C=O) groups excluding carboxylic acids is 1. The number of aryl methyl sites for hydroxylation is 2. The molecule has 0 radical (unpaired) electrons. The second kappa shape index (κ2) is 13.4. The molecule has 0 atom stereocenters. The molecule has 2 aromatic rings. The summed E-state index contributed by atoms with van der Waals surface area (Å²) in [5.41, 5.74) is 6.96. The molecule has 2 aromatic carbocycles. The zero-order valence-corrected chi connectivity index (χ0v) is 20.9. The number of carbonyl (C=O) groups is 1. The van der Waals surface area contributed by atoms with Gasteiger partial charge in [-0.2, -0.15) is 0 Å². The number of hydrogen-bond donors (Lipinski definition) is 1. The molecule has 178 valence electrons. The first-order valence-corrected chi connectivity index (χ1v) is 13.3. The van der Waals surface area contributed by atoms with Crippen LogP contribution in [0.5, 0.6) is 0 Å². The van der Waals surface area contributed by atoms with E-state index in [1.807, 2.05) is 0 Å². The number of benzene rings is 2. The van der Waals surface area contributed by atoms with Crippen molar-refractivity contribution >= 4 is 5.91 Å². The summed E-state index contributed by atoms with van der Waals surface area (Å²) in [6.45, 7) is 8.72. The van der Waals surface area contributed by atoms with Gasteiger partial charge in [0.25, 0.3) is 0 Å². The Labute approximate surface area is 201 Å². The Hall–Kier alpha value is -2.35. The van der Waals surface area contributed by atoms with Crippen LogP contribution in [-0.2, 0) is 17.6 Å². The summed E-state index contributed by atoms with van der Waals surface area (Å²) in [6.07, 6.45) is 15.4. The normalized spacial score (nSPS) is 18.1. The lowest BCUT2D eigenvalue weighted by molar-refractivity contribution is -0.116. The molecule has 0 spiro atoms. The second-order valence-electron chi connectivity index (χ2n) is 9.78. The van der Waals surface area contributed by atoms with Gasteiger partial charge in [0.05, 0.1) is 0 Å². The van der Waals surface area contributed by atoms with Crippen LogP contribution in [-0.4, -0.2) is 12.5 Å². The van der Waals surface area contributed by atoms with E-state index in [0.717, 1.165) is 31.1 Å². The van der Waals surface area contributed by atoms with Gasteiger partial charge in [0.2, 0.25) is 5.91 Å². The zero-order valence-electron chi connectivity index (χ0n) is 20.9. The van der Waals surface area contributed by atoms with Gasteiger partial charge >= 0.3 is 0 Å². The maximum atomic E-state index is 11.3. The molecule has 0 saturated heterocycles. The Morgan fingerprint density at radius 1 is 1.00 bits per heavy atom. The number of unbranched alkanes of at least 4 members (excludes halogenated alkanes) is 2. The highest BCUT2D eigenvalue weighted by atomic mass is 16.1. The molecule has 2 heteroatoms. The van der Waals surface area contributed by atoms with E-state index in [1.165, 1.54) is 85.3 Å². The van der Waals surface area contributed by atoms with Crippen LogP contribution in [0, 0.1) is 5.92 Å². The maximum Gasteiger partial charge on any atom is 0.243 e. The highest BCUT2D eigenvalue weighted by Gasteiger charge is 2.22. The molecule has 1 amide bonds. The summed E-state index contributed by atoms with van der Waals surface area (Å²) in [6, 6.07) is 16.3. The first-order valence-electron chi connectivity index (χ1n) is 13.3. The van der Waals surface area contributed by atoms with Crippen molar-refractivity contribution in [2.45, 2.75) is 90.4 Å². The highest BCUT2D eigenvalue weighted by molar-refractivity contribution is 5.86. The Morgan fingerprint density at radius 3 is 2.42 bits per heavy atom. The number of hydrogen-bond acceptors (Lipinski definition) is 1. The molecule has 0 heterocycles. The van der Waals surface area contributed by atoms with Crippen molar-refractivity contribution in [2.75, 3.05) is 6.54 Å². The lowest BCUT2D eigenvalue weighted by Gasteiger charge is -2.29. The molecule has 1 fully saturated rings. The van der Waals surface area contributed by atoms with Gasteiger partial charge in [-0.1, -0.05) is 88.6 Å². The minimum absolute atomic E-state index is 0.0944.